The van der Waals surface area contributed by atoms with Gasteiger partial charge in [-0.15, -0.1) is 22.4 Å². The van der Waals surface area contributed by atoms with E-state index in [1.165, 1.54) is 0 Å². The Morgan fingerprint density at radius 1 is 1.35 bits per heavy atom. The summed E-state index contributed by atoms with van der Waals surface area (Å²) in [6.07, 6.45) is -0.0230. The molecule has 3 N–H and O–H groups in total. The minimum atomic E-state index is -0.630. The van der Waals surface area contributed by atoms with E-state index >= 15 is 0 Å². The number of hydrogen-bond donors (Lipinski definition) is 3. The Balaban J connectivity index is 3.38. The molecule has 0 aromatic heterocycles. The van der Waals surface area contributed by atoms with Crippen LogP contribution < -0.4 is 10.6 Å². The normalized spacial score (nSPS) is 11.7. The largest absolute Gasteiger partial charge is 0.393 e. The van der Waals surface area contributed by atoms with Crippen molar-refractivity contribution in [1.29, 1.82) is 0 Å². The van der Waals surface area contributed by atoms with Crippen LogP contribution in [0, 0.1) is 0 Å². The summed E-state index contributed by atoms with van der Waals surface area (Å²) >= 11 is 3.96. The van der Waals surface area contributed by atoms with Crippen LogP contribution in [0.4, 0.5) is 0 Å². The molecule has 2 amide bonds. The Labute approximate surface area is 120 Å². The zero-order valence-electron chi connectivity index (χ0n) is 9.87. The minimum Gasteiger partial charge on any atom is -0.393 e. The Bertz CT molecular complexity index is 244. The van der Waals surface area contributed by atoms with Gasteiger partial charge in [-0.1, -0.05) is 0 Å². The van der Waals surface area contributed by atoms with E-state index in [1.54, 1.807) is 18.5 Å². The van der Waals surface area contributed by atoms with Gasteiger partial charge in [-0.25, -0.2) is 0 Å². The van der Waals surface area contributed by atoms with Crippen LogP contribution in [-0.2, 0) is 9.59 Å². The summed E-state index contributed by atoms with van der Waals surface area (Å²) < 4.78 is 0.987. The molecule has 0 aliphatic rings. The van der Waals surface area contributed by atoms with Crippen molar-refractivity contribution in [1.82, 2.24) is 10.6 Å². The van der Waals surface area contributed by atoms with Crippen LogP contribution in [0.25, 0.3) is 0 Å². The number of halogens is 1. The number of nitrogens with one attached hydrogen (secondary N) is 2. The fourth-order valence-electron chi connectivity index (χ4n) is 1.05. The Morgan fingerprint density at radius 3 is 2.47 bits per heavy atom. The first-order valence-electron chi connectivity index (χ1n) is 5.41. The summed E-state index contributed by atoms with van der Waals surface area (Å²) in [6, 6.07) is 0. The van der Waals surface area contributed by atoms with Gasteiger partial charge < -0.3 is 15.7 Å². The average molecular weight is 372 g/mol. The highest BCUT2D eigenvalue weighted by atomic mass is 127. The van der Waals surface area contributed by atoms with Crippen LogP contribution in [0.5, 0.6) is 0 Å². The molecule has 1 atom stereocenters. The first kappa shape index (κ1) is 17.0. The average Bonchev–Trinajstić information content (AvgIpc) is 2.24. The van der Waals surface area contributed by atoms with Crippen molar-refractivity contribution >= 4 is 50.2 Å². The number of amides is 2. The maximum absolute atomic E-state index is 11.3. The van der Waals surface area contributed by atoms with Gasteiger partial charge in [-0.05, 0) is 12.7 Å². The fraction of sp³-hybridized carbons (Fsp3) is 0.778. The predicted octanol–water partition coefficient (Wildman–Crippen LogP) is -0.186. The molecular weight excluding hydrogens is 354 g/mol. The van der Waals surface area contributed by atoms with Gasteiger partial charge in [0.2, 0.25) is 11.8 Å². The zero-order valence-corrected chi connectivity index (χ0v) is 12.8. The SMILES string of the molecule is C[C@@H](O)CC(=O)NCCNC(=O)CCSBI. The lowest BCUT2D eigenvalue weighted by molar-refractivity contribution is -0.123. The number of aliphatic hydroxyl groups excluding tert-OH is 1. The lowest BCUT2D eigenvalue weighted by Crippen LogP contribution is -2.35. The standard InChI is InChI=1S/C9H18BIN2O3S/c1-7(14)6-9(16)13-4-3-12-8(15)2-5-17-10-11/h7,10,14H,2-6H2,1H3,(H,12,15)(H,13,16)/t7-/m1/s1. The summed E-state index contributed by atoms with van der Waals surface area (Å²) in [5.41, 5.74) is 0. The smallest absolute Gasteiger partial charge is 0.264 e. The topological polar surface area (TPSA) is 78.4 Å². The van der Waals surface area contributed by atoms with Gasteiger partial charge in [0.25, 0.3) is 4.41 Å². The lowest BCUT2D eigenvalue weighted by atomic mass is 10.3. The van der Waals surface area contributed by atoms with E-state index in [-0.39, 0.29) is 18.2 Å². The van der Waals surface area contributed by atoms with Crippen LogP contribution in [0.3, 0.4) is 0 Å². The fourth-order valence-corrected chi connectivity index (χ4v) is 2.43. The number of carbonyl (C=O) groups is 2. The molecule has 0 saturated carbocycles. The van der Waals surface area contributed by atoms with Gasteiger partial charge in [0.1, 0.15) is 0 Å². The van der Waals surface area contributed by atoms with E-state index in [0.29, 0.717) is 19.5 Å². The first-order valence-corrected chi connectivity index (χ1v) is 8.09. The molecule has 0 fully saturated rings. The zero-order chi connectivity index (χ0) is 13.1. The van der Waals surface area contributed by atoms with Crippen LogP contribution in [-0.4, -0.2) is 46.3 Å². The van der Waals surface area contributed by atoms with Crippen LogP contribution >= 0.6 is 34.0 Å². The maximum Gasteiger partial charge on any atom is 0.264 e. The van der Waals surface area contributed by atoms with Gasteiger partial charge in [0.05, 0.1) is 12.5 Å². The van der Waals surface area contributed by atoms with Gasteiger partial charge >= 0.3 is 0 Å². The molecule has 0 radical (unpaired) electrons. The summed E-state index contributed by atoms with van der Waals surface area (Å²) in [7, 11) is 0. The molecule has 0 rings (SSSR count). The van der Waals surface area contributed by atoms with E-state index in [9.17, 15) is 9.59 Å². The van der Waals surface area contributed by atoms with Crippen LogP contribution in [0.15, 0.2) is 0 Å². The van der Waals surface area contributed by atoms with Gasteiger partial charge in [0, 0.05) is 19.5 Å². The Kier molecular flexibility index (Phi) is 11.2. The summed E-state index contributed by atoms with van der Waals surface area (Å²) in [5, 5.41) is 14.3. The van der Waals surface area contributed by atoms with Crippen LogP contribution in [0.2, 0.25) is 0 Å². The Hall–Kier alpha value is 0.0449. The first-order chi connectivity index (χ1) is 8.06. The number of aliphatic hydroxyl groups is 1. The third kappa shape index (κ3) is 12.3. The van der Waals surface area contributed by atoms with E-state index < -0.39 is 6.10 Å². The van der Waals surface area contributed by atoms with Crippen molar-refractivity contribution in [2.45, 2.75) is 25.9 Å². The molecular formula is C9H18BIN2O3S. The van der Waals surface area contributed by atoms with E-state index in [0.717, 1.165) is 10.2 Å². The monoisotopic (exact) mass is 372 g/mol. The molecule has 5 nitrogen and oxygen atoms in total. The van der Waals surface area contributed by atoms with Crippen molar-refractivity contribution < 1.29 is 14.7 Å². The van der Waals surface area contributed by atoms with Crippen molar-refractivity contribution in [3.8, 4) is 0 Å². The lowest BCUT2D eigenvalue weighted by Gasteiger charge is -2.07. The quantitative estimate of drug-likeness (QED) is 0.298. The third-order valence-electron chi connectivity index (χ3n) is 1.80. The molecule has 0 aliphatic carbocycles. The second kappa shape index (κ2) is 11.2. The van der Waals surface area contributed by atoms with E-state index in [4.69, 9.17) is 5.11 Å². The maximum atomic E-state index is 11.3. The number of rotatable bonds is 9. The summed E-state index contributed by atoms with van der Waals surface area (Å²) in [4.78, 5) is 22.4. The minimum absolute atomic E-state index is 0.00660. The molecule has 0 aromatic carbocycles. The van der Waals surface area contributed by atoms with Crippen molar-refractivity contribution in [3.63, 3.8) is 0 Å². The highest BCUT2D eigenvalue weighted by molar-refractivity contribution is 14.1. The number of hydrogen-bond acceptors (Lipinski definition) is 4. The molecule has 0 bridgehead atoms. The van der Waals surface area contributed by atoms with Gasteiger partial charge in [-0.3, -0.25) is 9.59 Å². The molecule has 0 saturated heterocycles. The van der Waals surface area contributed by atoms with Gasteiger partial charge in [0.15, 0.2) is 0 Å². The molecule has 17 heavy (non-hydrogen) atoms. The molecule has 0 unspecified atom stereocenters. The highest BCUT2D eigenvalue weighted by Gasteiger charge is 2.05. The van der Waals surface area contributed by atoms with E-state index in [2.05, 4.69) is 33.0 Å². The Morgan fingerprint density at radius 2 is 1.94 bits per heavy atom. The second-order valence-electron chi connectivity index (χ2n) is 3.52. The highest BCUT2D eigenvalue weighted by Crippen LogP contribution is 2.02. The van der Waals surface area contributed by atoms with Crippen molar-refractivity contribution in [2.24, 2.45) is 0 Å². The predicted molar refractivity (Wildman–Crippen MR) is 80.6 cm³/mol. The second-order valence-corrected chi connectivity index (χ2v) is 6.42. The molecule has 98 valence electrons. The van der Waals surface area contributed by atoms with E-state index in [1.807, 2.05) is 0 Å². The van der Waals surface area contributed by atoms with Gasteiger partial charge in [-0.2, -0.15) is 11.6 Å². The molecule has 8 heteroatoms. The van der Waals surface area contributed by atoms with Crippen molar-refractivity contribution in [3.05, 3.63) is 0 Å². The third-order valence-corrected chi connectivity index (χ3v) is 3.77. The molecule has 0 aromatic rings. The molecule has 0 spiro atoms. The molecule has 0 aliphatic heterocycles. The number of carbonyl (C=O) groups excluding carboxylic acids is 2. The summed E-state index contributed by atoms with van der Waals surface area (Å²) in [6.45, 7) is 2.39. The van der Waals surface area contributed by atoms with Crippen LogP contribution in [0.1, 0.15) is 19.8 Å². The molecule has 0 heterocycles. The van der Waals surface area contributed by atoms with Crippen molar-refractivity contribution in [2.75, 3.05) is 18.8 Å². The summed E-state index contributed by atoms with van der Waals surface area (Å²) in [5.74, 6) is 0.630.